The predicted molar refractivity (Wildman–Crippen MR) is 37.1 cm³/mol. The highest BCUT2D eigenvalue weighted by Crippen LogP contribution is 2.05. The van der Waals surface area contributed by atoms with E-state index in [9.17, 15) is 0 Å². The minimum atomic E-state index is 0.291. The van der Waals surface area contributed by atoms with Crippen LogP contribution in [-0.4, -0.2) is 10.8 Å². The lowest BCUT2D eigenvalue weighted by molar-refractivity contribution is -0.114. The third kappa shape index (κ3) is 1.26. The molecule has 0 amide bonds. The van der Waals surface area contributed by atoms with Gasteiger partial charge in [-0.05, 0) is 6.92 Å². The molecule has 0 spiro atoms. The third-order valence-corrected chi connectivity index (χ3v) is 1.69. The Bertz CT molecular complexity index is 228. The Balaban J connectivity index is 2.98. The molecule has 0 fully saturated rings. The van der Waals surface area contributed by atoms with Gasteiger partial charge in [-0.2, -0.15) is 0 Å². The van der Waals surface area contributed by atoms with Crippen LogP contribution < -0.4 is 11.1 Å². The zero-order valence-electron chi connectivity index (χ0n) is 5.09. The Hall–Kier alpha value is -0.900. The van der Waals surface area contributed by atoms with Crippen molar-refractivity contribution in [2.45, 2.75) is 6.92 Å². The van der Waals surface area contributed by atoms with E-state index >= 15 is 0 Å². The summed E-state index contributed by atoms with van der Waals surface area (Å²) in [5, 5.41) is 8.09. The highest BCUT2D eigenvalue weighted by Gasteiger charge is 2.03. The maximum atomic E-state index is 5.27. The van der Waals surface area contributed by atoms with Gasteiger partial charge in [0.05, 0.1) is 5.01 Å². The normalized spacial score (nSPS) is 9.44. The van der Waals surface area contributed by atoms with Crippen molar-refractivity contribution >= 4 is 17.2 Å². The summed E-state index contributed by atoms with van der Waals surface area (Å²) >= 11 is 1.54. The molecule has 0 aliphatic carbocycles. The van der Waals surface area contributed by atoms with Gasteiger partial charge in [-0.25, -0.2) is 4.98 Å². The number of hydrogen-bond donors (Lipinski definition) is 2. The number of thiazole rings is 1. The molecular formula is C5H8N3S+. The fourth-order valence-corrected chi connectivity index (χ4v) is 1.12. The molecule has 4 heteroatoms. The molecule has 0 aliphatic heterocycles. The van der Waals surface area contributed by atoms with Gasteiger partial charge >= 0.3 is 0 Å². The third-order valence-electron chi connectivity index (χ3n) is 0.915. The Morgan fingerprint density at radius 2 is 2.56 bits per heavy atom. The number of aromatic nitrogens is 1. The van der Waals surface area contributed by atoms with Gasteiger partial charge in [0, 0.05) is 5.38 Å². The molecule has 4 N–H and O–H groups in total. The quantitative estimate of drug-likeness (QED) is 0.387. The maximum absolute atomic E-state index is 5.27. The topological polar surface area (TPSA) is 64.5 Å². The van der Waals surface area contributed by atoms with E-state index < -0.39 is 0 Å². The summed E-state index contributed by atoms with van der Waals surface area (Å²) < 4.78 is 0. The van der Waals surface area contributed by atoms with Crippen molar-refractivity contribution < 1.29 is 5.41 Å². The van der Waals surface area contributed by atoms with E-state index in [1.165, 1.54) is 0 Å². The summed E-state index contributed by atoms with van der Waals surface area (Å²) in [6, 6.07) is 0. The number of hydrogen-bond acceptors (Lipinski definition) is 2. The monoisotopic (exact) mass is 142 g/mol. The largest absolute Gasteiger partial charge is 0.290 e. The van der Waals surface area contributed by atoms with E-state index in [-0.39, 0.29) is 0 Å². The molecule has 48 valence electrons. The van der Waals surface area contributed by atoms with Crippen LogP contribution in [0.2, 0.25) is 0 Å². The van der Waals surface area contributed by atoms with Crippen LogP contribution in [0.1, 0.15) is 10.7 Å². The first-order chi connectivity index (χ1) is 4.20. The number of aryl methyl sites for hydroxylation is 1. The highest BCUT2D eigenvalue weighted by molar-refractivity contribution is 7.09. The zero-order chi connectivity index (χ0) is 6.85. The van der Waals surface area contributed by atoms with E-state index in [2.05, 4.69) is 4.98 Å². The number of nitrogens with two attached hydrogens (primary N) is 2. The summed E-state index contributed by atoms with van der Waals surface area (Å²) in [7, 11) is 0. The molecule has 1 aromatic rings. The Kier molecular flexibility index (Phi) is 1.48. The molecule has 0 aromatic carbocycles. The second-order valence-corrected chi connectivity index (χ2v) is 2.77. The highest BCUT2D eigenvalue weighted by atomic mass is 32.1. The lowest BCUT2D eigenvalue weighted by Crippen LogP contribution is -2.46. The van der Waals surface area contributed by atoms with Crippen molar-refractivity contribution in [3.63, 3.8) is 0 Å². The molecule has 0 unspecified atom stereocenters. The van der Waals surface area contributed by atoms with E-state index in [0.717, 1.165) is 5.01 Å². The maximum Gasteiger partial charge on any atom is 0.290 e. The molecule has 0 saturated carbocycles. The standard InChI is InChI=1S/C5H7N3S/c1-3-8-4(2-9-3)5(6)7/h2H,1H3,(H3,6,7)/p+1. The van der Waals surface area contributed by atoms with Gasteiger partial charge in [-0.15, -0.1) is 11.3 Å². The molecule has 1 heterocycles. The van der Waals surface area contributed by atoms with E-state index in [4.69, 9.17) is 11.1 Å². The van der Waals surface area contributed by atoms with Crippen LogP contribution in [0.5, 0.6) is 0 Å². The van der Waals surface area contributed by atoms with Gasteiger partial charge in [-0.3, -0.25) is 11.1 Å². The summed E-state index contributed by atoms with van der Waals surface area (Å²) in [5.74, 6) is 0.291. The summed E-state index contributed by atoms with van der Waals surface area (Å²) in [6.07, 6.45) is 0. The molecule has 0 aliphatic rings. The molecule has 0 saturated heterocycles. The van der Waals surface area contributed by atoms with Crippen LogP contribution in [0.15, 0.2) is 5.38 Å². The first-order valence-electron chi connectivity index (χ1n) is 2.50. The van der Waals surface area contributed by atoms with Crippen molar-refractivity contribution in [3.05, 3.63) is 16.1 Å². The first-order valence-corrected chi connectivity index (χ1v) is 3.38. The fraction of sp³-hybridized carbons (Fsp3) is 0.200. The van der Waals surface area contributed by atoms with Crippen molar-refractivity contribution in [2.75, 3.05) is 0 Å². The predicted octanol–water partition coefficient (Wildman–Crippen LogP) is -1.08. The van der Waals surface area contributed by atoms with Crippen LogP contribution in [0.3, 0.4) is 0 Å². The van der Waals surface area contributed by atoms with Gasteiger partial charge in [0.1, 0.15) is 0 Å². The van der Waals surface area contributed by atoms with Crippen LogP contribution in [0.4, 0.5) is 0 Å². The van der Waals surface area contributed by atoms with Crippen LogP contribution in [0, 0.1) is 6.92 Å². The average molecular weight is 142 g/mol. The van der Waals surface area contributed by atoms with Crippen LogP contribution in [0.25, 0.3) is 0 Å². The molecule has 0 atom stereocenters. The molecule has 3 nitrogen and oxygen atoms in total. The lowest BCUT2D eigenvalue weighted by Gasteiger charge is -1.78. The first kappa shape index (κ1) is 6.22. The zero-order valence-corrected chi connectivity index (χ0v) is 5.90. The number of rotatable bonds is 1. The van der Waals surface area contributed by atoms with Gasteiger partial charge in [0.2, 0.25) is 0 Å². The Morgan fingerprint density at radius 3 is 2.78 bits per heavy atom. The summed E-state index contributed by atoms with van der Waals surface area (Å²) in [5.41, 5.74) is 5.96. The lowest BCUT2D eigenvalue weighted by atomic mass is 10.5. The van der Waals surface area contributed by atoms with Crippen molar-refractivity contribution in [1.29, 1.82) is 0 Å². The molecule has 1 rings (SSSR count). The smallest absolute Gasteiger partial charge is 0.286 e. The SMILES string of the molecule is Cc1nc(C(N)=[NH2+])cs1. The van der Waals surface area contributed by atoms with E-state index in [0.29, 0.717) is 11.5 Å². The number of nitrogens with zero attached hydrogens (tertiary/aromatic N) is 1. The van der Waals surface area contributed by atoms with Crippen LogP contribution >= 0.6 is 11.3 Å². The molecule has 0 bridgehead atoms. The second kappa shape index (κ2) is 2.14. The Morgan fingerprint density at radius 1 is 1.89 bits per heavy atom. The average Bonchev–Trinajstić information content (AvgIpc) is 2.14. The van der Waals surface area contributed by atoms with Crippen molar-refractivity contribution in [2.24, 2.45) is 5.73 Å². The minimum absolute atomic E-state index is 0.291. The summed E-state index contributed by atoms with van der Waals surface area (Å²) in [6.45, 7) is 1.91. The Labute approximate surface area is 57.0 Å². The van der Waals surface area contributed by atoms with Gasteiger partial charge < -0.3 is 0 Å². The second-order valence-electron chi connectivity index (χ2n) is 1.71. The van der Waals surface area contributed by atoms with Crippen molar-refractivity contribution in [3.8, 4) is 0 Å². The van der Waals surface area contributed by atoms with Gasteiger partial charge in [0.15, 0.2) is 5.69 Å². The summed E-state index contributed by atoms with van der Waals surface area (Å²) in [4.78, 5) is 4.04. The van der Waals surface area contributed by atoms with Crippen LogP contribution in [-0.2, 0) is 0 Å². The van der Waals surface area contributed by atoms with E-state index in [1.807, 2.05) is 12.3 Å². The molecular weight excluding hydrogens is 134 g/mol. The van der Waals surface area contributed by atoms with Crippen molar-refractivity contribution in [1.82, 2.24) is 4.98 Å². The molecule has 1 aromatic heterocycles. The van der Waals surface area contributed by atoms with Gasteiger partial charge in [0.25, 0.3) is 5.84 Å². The molecule has 0 radical (unpaired) electrons. The minimum Gasteiger partial charge on any atom is -0.286 e. The molecule has 9 heavy (non-hydrogen) atoms. The van der Waals surface area contributed by atoms with Gasteiger partial charge in [-0.1, -0.05) is 0 Å². The van der Waals surface area contributed by atoms with E-state index in [1.54, 1.807) is 11.3 Å². The number of amidine groups is 1. The fourth-order valence-electron chi connectivity index (χ4n) is 0.496.